The van der Waals surface area contributed by atoms with Gasteiger partial charge in [0.1, 0.15) is 11.9 Å². The number of hydrogen-bond acceptors (Lipinski definition) is 8. The molecule has 88 valence electrons. The number of nitrogens with one attached hydrogen (secondary N) is 1. The summed E-state index contributed by atoms with van der Waals surface area (Å²) in [5.74, 6) is 0.0952. The monoisotopic (exact) mass is 229 g/mol. The van der Waals surface area contributed by atoms with Crippen molar-refractivity contribution >= 4 is 5.82 Å². The SMILES string of the molecule is Nc1ccn(N2C[C@H](O)[C@@H](NO)O2)c(=O)n1. The fourth-order valence-electron chi connectivity index (χ4n) is 1.33. The molecule has 0 saturated carbocycles. The summed E-state index contributed by atoms with van der Waals surface area (Å²) in [5.41, 5.74) is 6.46. The van der Waals surface area contributed by atoms with Crippen LogP contribution in [0.1, 0.15) is 0 Å². The summed E-state index contributed by atoms with van der Waals surface area (Å²) >= 11 is 0. The second kappa shape index (κ2) is 4.06. The lowest BCUT2D eigenvalue weighted by molar-refractivity contribution is -0.0791. The molecule has 0 spiro atoms. The Balaban J connectivity index is 2.23. The van der Waals surface area contributed by atoms with Crippen molar-refractivity contribution in [2.45, 2.75) is 12.3 Å². The van der Waals surface area contributed by atoms with Crippen LogP contribution in [0.15, 0.2) is 17.1 Å². The van der Waals surface area contributed by atoms with Crippen molar-refractivity contribution in [3.05, 3.63) is 22.7 Å². The van der Waals surface area contributed by atoms with E-state index in [4.69, 9.17) is 15.8 Å². The highest BCUT2D eigenvalue weighted by Gasteiger charge is 2.33. The Morgan fingerprint density at radius 3 is 3.00 bits per heavy atom. The number of nitrogens with two attached hydrogens (primary N) is 1. The van der Waals surface area contributed by atoms with E-state index < -0.39 is 18.0 Å². The van der Waals surface area contributed by atoms with Crippen LogP contribution in [0.25, 0.3) is 0 Å². The van der Waals surface area contributed by atoms with Crippen LogP contribution in [-0.2, 0) is 4.84 Å². The van der Waals surface area contributed by atoms with Crippen LogP contribution in [0.5, 0.6) is 0 Å². The van der Waals surface area contributed by atoms with Gasteiger partial charge in [-0.1, -0.05) is 0 Å². The molecule has 0 aliphatic carbocycles. The van der Waals surface area contributed by atoms with Crippen molar-refractivity contribution in [1.82, 2.24) is 15.1 Å². The number of hydrogen-bond donors (Lipinski definition) is 4. The summed E-state index contributed by atoms with van der Waals surface area (Å²) in [4.78, 5) is 19.9. The van der Waals surface area contributed by atoms with Gasteiger partial charge in [0.25, 0.3) is 0 Å². The summed E-state index contributed by atoms with van der Waals surface area (Å²) in [6.07, 6.45) is -0.587. The van der Waals surface area contributed by atoms with Crippen LogP contribution >= 0.6 is 0 Å². The van der Waals surface area contributed by atoms with E-state index in [2.05, 4.69) is 4.98 Å². The van der Waals surface area contributed by atoms with Gasteiger partial charge in [0.15, 0.2) is 6.23 Å². The lowest BCUT2D eigenvalue weighted by atomic mass is 10.3. The average molecular weight is 229 g/mol. The highest BCUT2D eigenvalue weighted by Crippen LogP contribution is 2.09. The highest BCUT2D eigenvalue weighted by atomic mass is 16.8. The first-order valence-corrected chi connectivity index (χ1v) is 4.49. The molecule has 1 aliphatic heterocycles. The Bertz CT molecular complexity index is 435. The molecule has 0 unspecified atom stereocenters. The number of nitrogens with zero attached hydrogens (tertiary/aromatic N) is 3. The van der Waals surface area contributed by atoms with Crippen molar-refractivity contribution in [3.63, 3.8) is 0 Å². The molecule has 16 heavy (non-hydrogen) atoms. The number of aliphatic hydroxyl groups is 1. The lowest BCUT2D eigenvalue weighted by Gasteiger charge is -2.18. The summed E-state index contributed by atoms with van der Waals surface area (Å²) in [6, 6.07) is 1.41. The molecule has 9 heteroatoms. The van der Waals surface area contributed by atoms with Gasteiger partial charge >= 0.3 is 5.69 Å². The molecular formula is C7H11N5O4. The van der Waals surface area contributed by atoms with Crippen molar-refractivity contribution in [1.29, 1.82) is 0 Å². The van der Waals surface area contributed by atoms with Crippen molar-refractivity contribution < 1.29 is 15.2 Å². The van der Waals surface area contributed by atoms with E-state index in [0.717, 1.165) is 9.85 Å². The van der Waals surface area contributed by atoms with Gasteiger partial charge in [0.05, 0.1) is 6.54 Å². The van der Waals surface area contributed by atoms with Gasteiger partial charge in [-0.25, -0.2) is 9.63 Å². The van der Waals surface area contributed by atoms with E-state index in [1.165, 1.54) is 12.3 Å². The Labute approximate surface area is 89.6 Å². The van der Waals surface area contributed by atoms with Gasteiger partial charge in [-0.05, 0) is 6.07 Å². The van der Waals surface area contributed by atoms with E-state index in [9.17, 15) is 9.90 Å². The van der Waals surface area contributed by atoms with Gasteiger partial charge in [-0.3, -0.25) is 0 Å². The first-order valence-electron chi connectivity index (χ1n) is 4.49. The van der Waals surface area contributed by atoms with Crippen molar-refractivity contribution in [2.75, 3.05) is 17.5 Å². The van der Waals surface area contributed by atoms with Gasteiger partial charge < -0.3 is 16.0 Å². The van der Waals surface area contributed by atoms with E-state index in [1.54, 1.807) is 5.48 Å². The quantitative estimate of drug-likeness (QED) is 0.406. The molecule has 1 aromatic rings. The maximum Gasteiger partial charge on any atom is 0.370 e. The first kappa shape index (κ1) is 10.8. The normalized spacial score (nSPS) is 25.0. The summed E-state index contributed by atoms with van der Waals surface area (Å²) in [5, 5.41) is 19.1. The van der Waals surface area contributed by atoms with E-state index in [0.29, 0.717) is 0 Å². The second-order valence-corrected chi connectivity index (χ2v) is 3.24. The number of aromatic nitrogens is 2. The smallest absolute Gasteiger partial charge is 0.370 e. The summed E-state index contributed by atoms with van der Waals surface area (Å²) < 4.78 is 1.04. The number of hydroxylamine groups is 2. The minimum Gasteiger partial charge on any atom is -0.387 e. The van der Waals surface area contributed by atoms with Crippen LogP contribution < -0.4 is 22.1 Å². The average Bonchev–Trinajstić information content (AvgIpc) is 2.59. The minimum atomic E-state index is -0.982. The molecule has 0 aromatic carbocycles. The van der Waals surface area contributed by atoms with Gasteiger partial charge in [-0.15, -0.1) is 0 Å². The predicted molar refractivity (Wildman–Crippen MR) is 51.8 cm³/mol. The van der Waals surface area contributed by atoms with Crippen molar-refractivity contribution in [3.8, 4) is 0 Å². The van der Waals surface area contributed by atoms with E-state index in [1.807, 2.05) is 0 Å². The molecule has 1 aliphatic rings. The van der Waals surface area contributed by atoms with E-state index in [-0.39, 0.29) is 12.4 Å². The number of nitrogen functional groups attached to an aromatic ring is 1. The Morgan fingerprint density at radius 2 is 2.44 bits per heavy atom. The lowest BCUT2D eigenvalue weighted by Crippen LogP contribution is -2.41. The molecular weight excluding hydrogens is 218 g/mol. The van der Waals surface area contributed by atoms with Crippen LogP contribution in [0, 0.1) is 0 Å². The summed E-state index contributed by atoms with van der Waals surface area (Å²) in [7, 11) is 0. The molecule has 1 fully saturated rings. The molecule has 1 aromatic heterocycles. The summed E-state index contributed by atoms with van der Waals surface area (Å²) in [6.45, 7) is 0.0176. The Kier molecular flexibility index (Phi) is 2.75. The number of aliphatic hydroxyl groups excluding tert-OH is 1. The predicted octanol–water partition coefficient (Wildman–Crippen LogP) is -2.63. The van der Waals surface area contributed by atoms with Crippen LogP contribution in [0.2, 0.25) is 0 Å². The Morgan fingerprint density at radius 1 is 1.69 bits per heavy atom. The molecule has 0 radical (unpaired) electrons. The largest absolute Gasteiger partial charge is 0.387 e. The molecule has 0 bridgehead atoms. The van der Waals surface area contributed by atoms with Gasteiger partial charge in [-0.2, -0.15) is 20.3 Å². The zero-order chi connectivity index (χ0) is 11.7. The fourth-order valence-corrected chi connectivity index (χ4v) is 1.33. The highest BCUT2D eigenvalue weighted by molar-refractivity contribution is 5.23. The molecule has 1 saturated heterocycles. The fraction of sp³-hybridized carbons (Fsp3) is 0.429. The molecule has 0 amide bonds. The molecule has 2 atom stereocenters. The first-order chi connectivity index (χ1) is 7.61. The third kappa shape index (κ3) is 1.84. The zero-order valence-electron chi connectivity index (χ0n) is 8.15. The third-order valence-electron chi connectivity index (χ3n) is 2.10. The van der Waals surface area contributed by atoms with E-state index >= 15 is 0 Å². The zero-order valence-corrected chi connectivity index (χ0v) is 8.15. The number of anilines is 1. The number of β-amino-alcohol motifs (C(OH)–C–C–N with tert-alkyl or cyclic N) is 1. The second-order valence-electron chi connectivity index (χ2n) is 3.24. The molecule has 2 heterocycles. The van der Waals surface area contributed by atoms with Gasteiger partial charge in [0, 0.05) is 6.20 Å². The van der Waals surface area contributed by atoms with Crippen molar-refractivity contribution in [2.24, 2.45) is 0 Å². The van der Waals surface area contributed by atoms with Crippen LogP contribution in [0.4, 0.5) is 5.82 Å². The Hall–Kier alpha value is -1.68. The van der Waals surface area contributed by atoms with Gasteiger partial charge in [0.2, 0.25) is 0 Å². The third-order valence-corrected chi connectivity index (χ3v) is 2.10. The standard InChI is InChI=1S/C7H11N5O4/c8-5-1-2-11(7(14)9-5)12-3-4(13)6(10-15)16-12/h1-2,4,6,10,13,15H,3H2,(H2,8,9,14)/t4-,6-/m0/s1. The maximum atomic E-state index is 11.4. The molecule has 2 rings (SSSR count). The van der Waals surface area contributed by atoms with Crippen LogP contribution in [-0.4, -0.2) is 38.9 Å². The molecule has 9 nitrogen and oxygen atoms in total. The van der Waals surface area contributed by atoms with Crippen LogP contribution in [0.3, 0.4) is 0 Å². The minimum absolute atomic E-state index is 0.0176. The topological polar surface area (TPSA) is 126 Å². The number of rotatable bonds is 2. The maximum absolute atomic E-state index is 11.4. The molecule has 5 N–H and O–H groups in total.